The molecule has 0 radical (unpaired) electrons. The van der Waals surface area contributed by atoms with Crippen LogP contribution in [0.1, 0.15) is 38.6 Å². The van der Waals surface area contributed by atoms with Crippen molar-refractivity contribution in [2.75, 3.05) is 6.54 Å². The standard InChI is InChI=1S/C16H24N2S/c1-4-12(5-2)14(17-6-3)11-16-18-13-9-7-8-10-15(13)19-16/h7-10,12,14,17H,4-6,11H2,1-3H3. The summed E-state index contributed by atoms with van der Waals surface area (Å²) in [4.78, 5) is 4.76. The van der Waals surface area contributed by atoms with Crippen LogP contribution >= 0.6 is 11.3 Å². The summed E-state index contributed by atoms with van der Waals surface area (Å²) in [5.74, 6) is 0.743. The number of nitrogens with zero attached hydrogens (tertiary/aromatic N) is 1. The smallest absolute Gasteiger partial charge is 0.0954 e. The first kappa shape index (κ1) is 14.5. The van der Waals surface area contributed by atoms with E-state index in [0.29, 0.717) is 6.04 Å². The SMILES string of the molecule is CCNC(Cc1nc2ccccc2s1)C(CC)CC. The summed E-state index contributed by atoms with van der Waals surface area (Å²) < 4.78 is 1.30. The van der Waals surface area contributed by atoms with Gasteiger partial charge in [0.05, 0.1) is 15.2 Å². The first-order valence-electron chi connectivity index (χ1n) is 7.36. The molecule has 0 aliphatic rings. The number of likely N-dealkylation sites (N-methyl/N-ethyl adjacent to an activating group) is 1. The maximum absolute atomic E-state index is 4.76. The van der Waals surface area contributed by atoms with Crippen LogP contribution in [0, 0.1) is 5.92 Å². The quantitative estimate of drug-likeness (QED) is 0.817. The molecule has 0 aliphatic heterocycles. The Balaban J connectivity index is 2.15. The molecule has 0 bridgehead atoms. The first-order valence-corrected chi connectivity index (χ1v) is 8.17. The van der Waals surface area contributed by atoms with Gasteiger partial charge >= 0.3 is 0 Å². The fraction of sp³-hybridized carbons (Fsp3) is 0.562. The number of aromatic nitrogens is 1. The van der Waals surface area contributed by atoms with Crippen LogP contribution in [0.25, 0.3) is 10.2 Å². The third-order valence-electron chi connectivity index (χ3n) is 3.82. The first-order chi connectivity index (χ1) is 9.28. The van der Waals surface area contributed by atoms with Crippen molar-refractivity contribution >= 4 is 21.6 Å². The number of hydrogen-bond donors (Lipinski definition) is 1. The molecule has 0 amide bonds. The highest BCUT2D eigenvalue weighted by Gasteiger charge is 2.19. The Morgan fingerprint density at radius 1 is 1.16 bits per heavy atom. The van der Waals surface area contributed by atoms with Gasteiger partial charge in [-0.15, -0.1) is 11.3 Å². The second-order valence-corrected chi connectivity index (χ2v) is 6.14. The van der Waals surface area contributed by atoms with Gasteiger partial charge in [0.25, 0.3) is 0 Å². The van der Waals surface area contributed by atoms with E-state index in [1.807, 2.05) is 11.3 Å². The molecule has 1 heterocycles. The molecule has 1 aromatic heterocycles. The second kappa shape index (κ2) is 7.01. The molecule has 0 spiro atoms. The van der Waals surface area contributed by atoms with Crippen LogP contribution in [0.5, 0.6) is 0 Å². The van der Waals surface area contributed by atoms with E-state index in [2.05, 4.69) is 50.4 Å². The average Bonchev–Trinajstić information content (AvgIpc) is 2.82. The minimum atomic E-state index is 0.556. The number of nitrogens with one attached hydrogen (secondary N) is 1. The molecule has 104 valence electrons. The van der Waals surface area contributed by atoms with E-state index in [-0.39, 0.29) is 0 Å². The molecule has 1 atom stereocenters. The van der Waals surface area contributed by atoms with Gasteiger partial charge in [0.2, 0.25) is 0 Å². The van der Waals surface area contributed by atoms with E-state index in [9.17, 15) is 0 Å². The van der Waals surface area contributed by atoms with Gasteiger partial charge < -0.3 is 5.32 Å². The summed E-state index contributed by atoms with van der Waals surface area (Å²) in [5, 5.41) is 4.91. The van der Waals surface area contributed by atoms with Crippen molar-refractivity contribution < 1.29 is 0 Å². The van der Waals surface area contributed by atoms with E-state index < -0.39 is 0 Å². The van der Waals surface area contributed by atoms with Crippen LogP contribution < -0.4 is 5.32 Å². The normalized spacial score (nSPS) is 13.3. The fourth-order valence-electron chi connectivity index (χ4n) is 2.72. The number of benzene rings is 1. The van der Waals surface area contributed by atoms with Crippen LogP contribution in [-0.4, -0.2) is 17.6 Å². The van der Waals surface area contributed by atoms with Gasteiger partial charge in [0, 0.05) is 12.5 Å². The predicted molar refractivity (Wildman–Crippen MR) is 84.9 cm³/mol. The van der Waals surface area contributed by atoms with Crippen molar-refractivity contribution in [2.45, 2.75) is 46.1 Å². The molecule has 1 unspecified atom stereocenters. The molecule has 1 aromatic carbocycles. The zero-order chi connectivity index (χ0) is 13.7. The summed E-state index contributed by atoms with van der Waals surface area (Å²) >= 11 is 1.84. The zero-order valence-corrected chi connectivity index (χ0v) is 13.0. The van der Waals surface area contributed by atoms with Gasteiger partial charge in [-0.2, -0.15) is 0 Å². The number of thiazole rings is 1. The Morgan fingerprint density at radius 2 is 1.89 bits per heavy atom. The van der Waals surface area contributed by atoms with Crippen molar-refractivity contribution in [3.05, 3.63) is 29.3 Å². The maximum atomic E-state index is 4.76. The molecule has 1 N–H and O–H groups in total. The van der Waals surface area contributed by atoms with Crippen LogP contribution in [0.15, 0.2) is 24.3 Å². The van der Waals surface area contributed by atoms with E-state index in [1.54, 1.807) is 0 Å². The molecule has 2 nitrogen and oxygen atoms in total. The summed E-state index contributed by atoms with van der Waals surface area (Å²) in [7, 11) is 0. The molecule has 0 fully saturated rings. The van der Waals surface area contributed by atoms with Crippen molar-refractivity contribution in [3.8, 4) is 0 Å². The summed E-state index contributed by atoms with van der Waals surface area (Å²) in [6.45, 7) is 7.80. The lowest BCUT2D eigenvalue weighted by molar-refractivity contribution is 0.336. The Labute approximate surface area is 120 Å². The third kappa shape index (κ3) is 3.54. The molecule has 0 saturated carbocycles. The highest BCUT2D eigenvalue weighted by Crippen LogP contribution is 2.25. The number of para-hydroxylation sites is 1. The van der Waals surface area contributed by atoms with E-state index in [1.165, 1.54) is 22.5 Å². The van der Waals surface area contributed by atoms with Gasteiger partial charge in [0.1, 0.15) is 0 Å². The Bertz CT molecular complexity index is 469. The molecular formula is C16H24N2S. The monoisotopic (exact) mass is 276 g/mol. The van der Waals surface area contributed by atoms with E-state index in [4.69, 9.17) is 4.98 Å². The van der Waals surface area contributed by atoms with Gasteiger partial charge in [-0.05, 0) is 24.6 Å². The maximum Gasteiger partial charge on any atom is 0.0954 e. The fourth-order valence-corrected chi connectivity index (χ4v) is 3.75. The van der Waals surface area contributed by atoms with Crippen molar-refractivity contribution in [1.82, 2.24) is 10.3 Å². The molecule has 2 aromatic rings. The number of rotatable bonds is 7. The lowest BCUT2D eigenvalue weighted by Gasteiger charge is -2.25. The van der Waals surface area contributed by atoms with Gasteiger partial charge in [-0.1, -0.05) is 45.7 Å². The molecule has 3 heteroatoms. The van der Waals surface area contributed by atoms with Gasteiger partial charge in [-0.3, -0.25) is 0 Å². The van der Waals surface area contributed by atoms with E-state index >= 15 is 0 Å². The highest BCUT2D eigenvalue weighted by atomic mass is 32.1. The van der Waals surface area contributed by atoms with Crippen molar-refractivity contribution in [3.63, 3.8) is 0 Å². The Hall–Kier alpha value is -0.930. The van der Waals surface area contributed by atoms with Crippen molar-refractivity contribution in [2.24, 2.45) is 5.92 Å². The lowest BCUT2D eigenvalue weighted by Crippen LogP contribution is -2.37. The molecule has 2 rings (SSSR count). The molecule has 0 saturated heterocycles. The second-order valence-electron chi connectivity index (χ2n) is 5.02. The van der Waals surface area contributed by atoms with Crippen LogP contribution in [-0.2, 0) is 6.42 Å². The minimum absolute atomic E-state index is 0.556. The largest absolute Gasteiger partial charge is 0.314 e. The topological polar surface area (TPSA) is 24.9 Å². The number of fused-ring (bicyclic) bond motifs is 1. The van der Waals surface area contributed by atoms with Crippen LogP contribution in [0.4, 0.5) is 0 Å². The van der Waals surface area contributed by atoms with Gasteiger partial charge in [-0.25, -0.2) is 4.98 Å². The van der Waals surface area contributed by atoms with Crippen LogP contribution in [0.3, 0.4) is 0 Å². The molecular weight excluding hydrogens is 252 g/mol. The minimum Gasteiger partial charge on any atom is -0.314 e. The molecule has 0 aliphatic carbocycles. The predicted octanol–water partition coefficient (Wildman–Crippen LogP) is 4.25. The highest BCUT2D eigenvalue weighted by molar-refractivity contribution is 7.18. The zero-order valence-electron chi connectivity index (χ0n) is 12.1. The summed E-state index contributed by atoms with van der Waals surface area (Å²) in [6, 6.07) is 8.98. The van der Waals surface area contributed by atoms with Crippen molar-refractivity contribution in [1.29, 1.82) is 0 Å². The average molecular weight is 276 g/mol. The number of hydrogen-bond acceptors (Lipinski definition) is 3. The lowest BCUT2D eigenvalue weighted by atomic mass is 9.92. The van der Waals surface area contributed by atoms with Gasteiger partial charge in [0.15, 0.2) is 0 Å². The third-order valence-corrected chi connectivity index (χ3v) is 4.88. The van der Waals surface area contributed by atoms with E-state index in [0.717, 1.165) is 24.4 Å². The Kier molecular flexibility index (Phi) is 5.34. The Morgan fingerprint density at radius 3 is 2.53 bits per heavy atom. The summed E-state index contributed by atoms with van der Waals surface area (Å²) in [5.41, 5.74) is 1.14. The molecule has 19 heavy (non-hydrogen) atoms. The summed E-state index contributed by atoms with van der Waals surface area (Å²) in [6.07, 6.45) is 3.53. The van der Waals surface area contributed by atoms with Crippen LogP contribution in [0.2, 0.25) is 0 Å².